The van der Waals surface area contributed by atoms with Gasteiger partial charge in [0.1, 0.15) is 6.33 Å². The molecule has 2 unspecified atom stereocenters. The van der Waals surface area contributed by atoms with Crippen molar-refractivity contribution in [3.05, 3.63) is 36.2 Å². The summed E-state index contributed by atoms with van der Waals surface area (Å²) in [6.45, 7) is 0.628. The van der Waals surface area contributed by atoms with Gasteiger partial charge in [-0.05, 0) is 60.0 Å². The molecule has 2 aromatic rings. The Hall–Kier alpha value is -2.28. The van der Waals surface area contributed by atoms with E-state index in [2.05, 4.69) is 20.8 Å². The minimum atomic E-state index is -0.0522. The van der Waals surface area contributed by atoms with Crippen molar-refractivity contribution in [2.75, 3.05) is 6.54 Å². The third kappa shape index (κ3) is 2.92. The number of nitrogens with zero attached hydrogens (tertiary/aromatic N) is 4. The van der Waals surface area contributed by atoms with Crippen LogP contribution >= 0.6 is 0 Å². The third-order valence-electron chi connectivity index (χ3n) is 4.02. The number of aromatic nitrogens is 4. The molecular weight excluding hydrogens is 268 g/mol. The number of tetrazole rings is 1. The van der Waals surface area contributed by atoms with Gasteiger partial charge in [-0.1, -0.05) is 6.42 Å². The van der Waals surface area contributed by atoms with Gasteiger partial charge in [0.15, 0.2) is 0 Å². The second-order valence-electron chi connectivity index (χ2n) is 5.31. The van der Waals surface area contributed by atoms with Crippen LogP contribution in [0.1, 0.15) is 29.6 Å². The van der Waals surface area contributed by atoms with E-state index in [1.54, 1.807) is 16.8 Å². The van der Waals surface area contributed by atoms with E-state index >= 15 is 0 Å². The molecule has 2 atom stereocenters. The van der Waals surface area contributed by atoms with Gasteiger partial charge in [0.25, 0.3) is 5.91 Å². The molecule has 0 bridgehead atoms. The van der Waals surface area contributed by atoms with Crippen molar-refractivity contribution in [3.8, 4) is 5.69 Å². The molecule has 1 heterocycles. The van der Waals surface area contributed by atoms with E-state index in [4.69, 9.17) is 5.73 Å². The smallest absolute Gasteiger partial charge is 0.251 e. The van der Waals surface area contributed by atoms with Crippen molar-refractivity contribution in [1.29, 1.82) is 0 Å². The first-order valence-electron chi connectivity index (χ1n) is 7.12. The Morgan fingerprint density at radius 2 is 2.14 bits per heavy atom. The maximum atomic E-state index is 12.3. The Morgan fingerprint density at radius 1 is 1.33 bits per heavy atom. The first kappa shape index (κ1) is 13.7. The van der Waals surface area contributed by atoms with Gasteiger partial charge in [-0.15, -0.1) is 5.10 Å². The highest BCUT2D eigenvalue weighted by Gasteiger charge is 2.27. The number of rotatable bonds is 4. The molecule has 1 saturated carbocycles. The topological polar surface area (TPSA) is 98.7 Å². The monoisotopic (exact) mass is 286 g/mol. The highest BCUT2D eigenvalue weighted by atomic mass is 16.1. The Bertz CT molecular complexity index is 594. The summed E-state index contributed by atoms with van der Waals surface area (Å²) in [5.41, 5.74) is 7.19. The van der Waals surface area contributed by atoms with E-state index in [9.17, 15) is 4.79 Å². The summed E-state index contributed by atoms with van der Waals surface area (Å²) >= 11 is 0. The summed E-state index contributed by atoms with van der Waals surface area (Å²) in [5, 5.41) is 14.1. The first-order valence-corrected chi connectivity index (χ1v) is 7.12. The molecule has 7 heteroatoms. The van der Waals surface area contributed by atoms with Gasteiger partial charge in [0.05, 0.1) is 5.69 Å². The minimum Gasteiger partial charge on any atom is -0.349 e. The molecule has 21 heavy (non-hydrogen) atoms. The van der Waals surface area contributed by atoms with Crippen molar-refractivity contribution in [3.63, 3.8) is 0 Å². The fraction of sp³-hybridized carbons (Fsp3) is 0.429. The molecule has 1 aromatic heterocycles. The van der Waals surface area contributed by atoms with Crippen LogP contribution in [0, 0.1) is 5.92 Å². The maximum absolute atomic E-state index is 12.3. The number of nitrogens with one attached hydrogen (secondary N) is 1. The third-order valence-corrected chi connectivity index (χ3v) is 4.02. The lowest BCUT2D eigenvalue weighted by molar-refractivity contribution is 0.0929. The molecule has 110 valence electrons. The largest absolute Gasteiger partial charge is 0.349 e. The van der Waals surface area contributed by atoms with Gasteiger partial charge in [-0.3, -0.25) is 4.79 Å². The van der Waals surface area contributed by atoms with Crippen LogP contribution in [0.25, 0.3) is 5.69 Å². The van der Waals surface area contributed by atoms with Gasteiger partial charge in [0, 0.05) is 11.6 Å². The molecule has 3 N–H and O–H groups in total. The molecule has 1 aromatic carbocycles. The van der Waals surface area contributed by atoms with E-state index in [1.807, 2.05) is 12.1 Å². The minimum absolute atomic E-state index is 0.0522. The van der Waals surface area contributed by atoms with Crippen molar-refractivity contribution in [1.82, 2.24) is 25.5 Å². The molecule has 1 fully saturated rings. The second kappa shape index (κ2) is 6.01. The number of hydrogen-bond acceptors (Lipinski definition) is 5. The number of amides is 1. The zero-order valence-corrected chi connectivity index (χ0v) is 11.6. The Morgan fingerprint density at radius 3 is 2.81 bits per heavy atom. The average Bonchev–Trinajstić information content (AvgIpc) is 3.18. The Balaban J connectivity index is 1.68. The molecular formula is C14H18N6O. The van der Waals surface area contributed by atoms with E-state index in [0.717, 1.165) is 24.9 Å². The molecule has 1 aliphatic rings. The fourth-order valence-electron chi connectivity index (χ4n) is 2.81. The maximum Gasteiger partial charge on any atom is 0.251 e. The summed E-state index contributed by atoms with van der Waals surface area (Å²) in [6, 6.07) is 7.39. The highest BCUT2D eigenvalue weighted by molar-refractivity contribution is 5.94. The normalized spacial score (nSPS) is 21.4. The molecule has 3 rings (SSSR count). The summed E-state index contributed by atoms with van der Waals surface area (Å²) in [7, 11) is 0. The zero-order valence-electron chi connectivity index (χ0n) is 11.6. The van der Waals surface area contributed by atoms with Crippen LogP contribution in [0.15, 0.2) is 30.6 Å². The van der Waals surface area contributed by atoms with Gasteiger partial charge in [-0.2, -0.15) is 0 Å². The van der Waals surface area contributed by atoms with Crippen LogP contribution in [-0.2, 0) is 0 Å². The van der Waals surface area contributed by atoms with E-state index in [1.165, 1.54) is 6.33 Å². The number of hydrogen-bond donors (Lipinski definition) is 2. The van der Waals surface area contributed by atoms with Crippen LogP contribution in [-0.4, -0.2) is 38.7 Å². The van der Waals surface area contributed by atoms with E-state index in [-0.39, 0.29) is 11.9 Å². The second-order valence-corrected chi connectivity index (χ2v) is 5.31. The predicted molar refractivity (Wildman–Crippen MR) is 76.8 cm³/mol. The van der Waals surface area contributed by atoms with Crippen molar-refractivity contribution >= 4 is 5.91 Å². The van der Waals surface area contributed by atoms with E-state index < -0.39 is 0 Å². The summed E-state index contributed by atoms with van der Waals surface area (Å²) in [5.74, 6) is 0.345. The lowest BCUT2D eigenvalue weighted by Crippen LogP contribution is -2.39. The average molecular weight is 286 g/mol. The van der Waals surface area contributed by atoms with Gasteiger partial charge >= 0.3 is 0 Å². The Labute approximate surface area is 122 Å². The zero-order chi connectivity index (χ0) is 14.7. The molecule has 0 spiro atoms. The van der Waals surface area contributed by atoms with E-state index in [0.29, 0.717) is 18.0 Å². The summed E-state index contributed by atoms with van der Waals surface area (Å²) < 4.78 is 1.54. The number of benzene rings is 1. The molecule has 1 amide bonds. The lowest BCUT2D eigenvalue weighted by atomic mass is 10.0. The lowest BCUT2D eigenvalue weighted by Gasteiger charge is -2.19. The number of carbonyl (C=O) groups excluding carboxylic acids is 1. The molecule has 0 aliphatic heterocycles. The molecule has 7 nitrogen and oxygen atoms in total. The fourth-order valence-corrected chi connectivity index (χ4v) is 2.81. The van der Waals surface area contributed by atoms with Crippen LogP contribution in [0.5, 0.6) is 0 Å². The summed E-state index contributed by atoms with van der Waals surface area (Å²) in [6.07, 6.45) is 4.75. The van der Waals surface area contributed by atoms with Gasteiger partial charge < -0.3 is 11.1 Å². The molecule has 0 saturated heterocycles. The quantitative estimate of drug-likeness (QED) is 0.853. The number of carbonyl (C=O) groups is 1. The first-order chi connectivity index (χ1) is 10.3. The Kier molecular flexibility index (Phi) is 3.92. The molecule has 1 aliphatic carbocycles. The predicted octanol–water partition coefficient (Wildman–Crippen LogP) is 0.519. The van der Waals surface area contributed by atoms with Crippen LogP contribution in [0.4, 0.5) is 0 Å². The SMILES string of the molecule is NCC1CCCC1NC(=O)c1ccc(-n2cnnn2)cc1. The van der Waals surface area contributed by atoms with Crippen LogP contribution < -0.4 is 11.1 Å². The van der Waals surface area contributed by atoms with Crippen LogP contribution in [0.3, 0.4) is 0 Å². The van der Waals surface area contributed by atoms with Crippen molar-refractivity contribution < 1.29 is 4.79 Å². The standard InChI is InChI=1S/C14H18N6O/c15-8-11-2-1-3-13(11)17-14(21)10-4-6-12(7-5-10)20-9-16-18-19-20/h4-7,9,11,13H,1-3,8,15H2,(H,17,21). The van der Waals surface area contributed by atoms with Crippen molar-refractivity contribution in [2.45, 2.75) is 25.3 Å². The van der Waals surface area contributed by atoms with Gasteiger partial charge in [-0.25, -0.2) is 4.68 Å². The summed E-state index contributed by atoms with van der Waals surface area (Å²) in [4.78, 5) is 12.3. The van der Waals surface area contributed by atoms with Crippen molar-refractivity contribution in [2.24, 2.45) is 11.7 Å². The molecule has 0 radical (unpaired) electrons. The van der Waals surface area contributed by atoms with Gasteiger partial charge in [0.2, 0.25) is 0 Å². The van der Waals surface area contributed by atoms with Crippen LogP contribution in [0.2, 0.25) is 0 Å². The number of nitrogens with two attached hydrogens (primary N) is 1. The highest BCUT2D eigenvalue weighted by Crippen LogP contribution is 2.24.